The summed E-state index contributed by atoms with van der Waals surface area (Å²) < 4.78 is 11.3. The van der Waals surface area contributed by atoms with Crippen LogP contribution in [0.25, 0.3) is 0 Å². The van der Waals surface area contributed by atoms with Gasteiger partial charge in [0.05, 0.1) is 17.3 Å². The number of hydrogen-bond donors (Lipinski definition) is 0. The fraction of sp³-hybridized carbons (Fsp3) is 0.310. The van der Waals surface area contributed by atoms with Gasteiger partial charge in [0.15, 0.2) is 0 Å². The van der Waals surface area contributed by atoms with E-state index in [0.717, 1.165) is 18.8 Å². The van der Waals surface area contributed by atoms with Crippen molar-refractivity contribution in [1.29, 1.82) is 0 Å². The summed E-state index contributed by atoms with van der Waals surface area (Å²) in [5.41, 5.74) is 1.18. The van der Waals surface area contributed by atoms with Gasteiger partial charge in [-0.25, -0.2) is 0 Å². The third-order valence-corrected chi connectivity index (χ3v) is 6.74. The summed E-state index contributed by atoms with van der Waals surface area (Å²) in [6.07, 6.45) is -0.756. The first kappa shape index (κ1) is 26.0. The number of ether oxygens (including phenoxy) is 2. The Morgan fingerprint density at radius 3 is 2.16 bits per heavy atom. The van der Waals surface area contributed by atoms with Crippen LogP contribution in [0.4, 0.5) is 5.69 Å². The summed E-state index contributed by atoms with van der Waals surface area (Å²) in [7, 11) is 0. The highest BCUT2D eigenvalue weighted by Crippen LogP contribution is 2.58. The van der Waals surface area contributed by atoms with Crippen molar-refractivity contribution in [2.24, 2.45) is 10.5 Å². The number of carbonyl (C=O) groups is 1. The van der Waals surface area contributed by atoms with Gasteiger partial charge in [-0.3, -0.25) is 14.9 Å². The smallest absolute Gasteiger partial charge is 0.264 e. The molecule has 192 valence electrons. The van der Waals surface area contributed by atoms with E-state index < -0.39 is 24.0 Å². The van der Waals surface area contributed by atoms with Crippen LogP contribution in [-0.4, -0.2) is 36.3 Å². The second kappa shape index (κ2) is 11.3. The van der Waals surface area contributed by atoms with E-state index >= 15 is 0 Å². The molecule has 0 unspecified atom stereocenters. The van der Waals surface area contributed by atoms with Gasteiger partial charge in [-0.15, -0.1) is 0 Å². The predicted octanol–water partition coefficient (Wildman–Crippen LogP) is 5.63. The van der Waals surface area contributed by atoms with Gasteiger partial charge in [0, 0.05) is 23.7 Å². The molecule has 8 heteroatoms. The molecule has 0 saturated carbocycles. The normalized spacial score (nSPS) is 22.0. The zero-order chi connectivity index (χ0) is 26.4. The zero-order valence-electron chi connectivity index (χ0n) is 21.2. The first-order valence-electron chi connectivity index (χ1n) is 12.4. The number of nitro groups is 1. The predicted molar refractivity (Wildman–Crippen MR) is 142 cm³/mol. The molecule has 5 rings (SSSR count). The molecule has 0 bridgehead atoms. The van der Waals surface area contributed by atoms with Crippen LogP contribution >= 0.6 is 0 Å². The van der Waals surface area contributed by atoms with Crippen molar-refractivity contribution in [2.45, 2.75) is 32.8 Å². The van der Waals surface area contributed by atoms with Gasteiger partial charge in [0.1, 0.15) is 17.3 Å². The molecule has 1 spiro atoms. The standard InChI is InChI=1S/C25H21N3O4.C4H10O/c1-17-25(24(29)28(26-17)19-12-6-3-7-13-19)21(16-27(30)31)20-14-8-9-15-22(20)32-23(25)18-10-4-2-5-11-18;1-3-5-4-2/h2-15,21,23H,16H2,1H3;3-4H2,1-2H3/t21-,23-,25+;/m1./s1. The van der Waals surface area contributed by atoms with E-state index in [0.29, 0.717) is 22.7 Å². The Balaban J connectivity index is 0.000000586. The Labute approximate surface area is 216 Å². The van der Waals surface area contributed by atoms with Crippen molar-refractivity contribution in [3.63, 3.8) is 0 Å². The van der Waals surface area contributed by atoms with Crippen molar-refractivity contribution < 1.29 is 19.2 Å². The number of amides is 1. The van der Waals surface area contributed by atoms with Crippen molar-refractivity contribution in [1.82, 2.24) is 0 Å². The van der Waals surface area contributed by atoms with Crippen LogP contribution in [0.2, 0.25) is 0 Å². The lowest BCUT2D eigenvalue weighted by molar-refractivity contribution is -0.486. The van der Waals surface area contributed by atoms with Crippen molar-refractivity contribution in [3.05, 3.63) is 106 Å². The summed E-state index contributed by atoms with van der Waals surface area (Å²) in [4.78, 5) is 25.7. The quantitative estimate of drug-likeness (QED) is 0.322. The fourth-order valence-corrected chi connectivity index (χ4v) is 5.13. The van der Waals surface area contributed by atoms with Gasteiger partial charge in [0.25, 0.3) is 5.91 Å². The minimum Gasteiger partial charge on any atom is -0.484 e. The van der Waals surface area contributed by atoms with Gasteiger partial charge in [-0.05, 0) is 44.5 Å². The van der Waals surface area contributed by atoms with Crippen LogP contribution < -0.4 is 9.75 Å². The minimum absolute atomic E-state index is 0.323. The van der Waals surface area contributed by atoms with Gasteiger partial charge in [-0.1, -0.05) is 66.7 Å². The van der Waals surface area contributed by atoms with Crippen LogP contribution in [0, 0.1) is 15.5 Å². The third kappa shape index (κ3) is 4.84. The first-order valence-corrected chi connectivity index (χ1v) is 12.4. The Hall–Kier alpha value is -4.04. The number of nitrogens with zero attached hydrogens (tertiary/aromatic N) is 3. The summed E-state index contributed by atoms with van der Waals surface area (Å²) in [5.74, 6) is -0.508. The summed E-state index contributed by atoms with van der Waals surface area (Å²) in [6.45, 7) is 7.02. The number of anilines is 1. The molecule has 1 amide bonds. The van der Waals surface area contributed by atoms with Crippen LogP contribution in [0.5, 0.6) is 5.75 Å². The van der Waals surface area contributed by atoms with Gasteiger partial charge in [-0.2, -0.15) is 10.1 Å². The minimum atomic E-state index is -1.35. The molecule has 0 aliphatic carbocycles. The number of rotatable bonds is 6. The van der Waals surface area contributed by atoms with Gasteiger partial charge >= 0.3 is 0 Å². The highest BCUT2D eigenvalue weighted by atomic mass is 16.6. The Bertz CT molecular complexity index is 1260. The van der Waals surface area contributed by atoms with E-state index in [1.807, 2.05) is 74.5 Å². The monoisotopic (exact) mass is 501 g/mol. The maximum Gasteiger partial charge on any atom is 0.264 e. The number of fused-ring (bicyclic) bond motifs is 1. The lowest BCUT2D eigenvalue weighted by Crippen LogP contribution is -2.53. The molecule has 0 aromatic heterocycles. The van der Waals surface area contributed by atoms with Gasteiger partial charge in [0.2, 0.25) is 6.54 Å². The highest BCUT2D eigenvalue weighted by Gasteiger charge is 2.65. The van der Waals surface area contributed by atoms with E-state index in [-0.39, 0.29) is 10.8 Å². The van der Waals surface area contributed by atoms with E-state index in [4.69, 9.17) is 9.47 Å². The number of hydrazone groups is 1. The van der Waals surface area contributed by atoms with Gasteiger partial charge < -0.3 is 9.47 Å². The van der Waals surface area contributed by atoms with Crippen molar-refractivity contribution >= 4 is 17.3 Å². The molecule has 0 N–H and O–H groups in total. The summed E-state index contributed by atoms with van der Waals surface area (Å²) in [5, 5.41) is 17.8. The van der Waals surface area contributed by atoms with Crippen LogP contribution in [-0.2, 0) is 9.53 Å². The van der Waals surface area contributed by atoms with Crippen LogP contribution in [0.3, 0.4) is 0 Å². The largest absolute Gasteiger partial charge is 0.484 e. The average Bonchev–Trinajstić information content (AvgIpc) is 3.18. The summed E-state index contributed by atoms with van der Waals surface area (Å²) in [6, 6.07) is 25.7. The van der Waals surface area contributed by atoms with E-state index in [9.17, 15) is 14.9 Å². The van der Waals surface area contributed by atoms with Crippen LogP contribution in [0.1, 0.15) is 43.9 Å². The lowest BCUT2D eigenvalue weighted by atomic mass is 9.62. The molecule has 3 aromatic rings. The molecule has 3 aromatic carbocycles. The Morgan fingerprint density at radius 1 is 0.973 bits per heavy atom. The third-order valence-electron chi connectivity index (χ3n) is 6.74. The van der Waals surface area contributed by atoms with E-state index in [2.05, 4.69) is 5.10 Å². The molecule has 2 heterocycles. The molecule has 8 nitrogen and oxygen atoms in total. The molecular weight excluding hydrogens is 470 g/mol. The average molecular weight is 502 g/mol. The Morgan fingerprint density at radius 2 is 1.57 bits per heavy atom. The molecule has 2 aliphatic rings. The highest BCUT2D eigenvalue weighted by molar-refractivity contribution is 6.20. The molecule has 37 heavy (non-hydrogen) atoms. The number of hydrogen-bond acceptors (Lipinski definition) is 6. The second-order valence-corrected chi connectivity index (χ2v) is 8.80. The topological polar surface area (TPSA) is 94.3 Å². The maximum absolute atomic E-state index is 14.2. The molecule has 0 fully saturated rings. The number of para-hydroxylation sites is 2. The number of carbonyl (C=O) groups excluding carboxylic acids is 1. The second-order valence-electron chi connectivity index (χ2n) is 8.80. The number of benzene rings is 3. The van der Waals surface area contributed by atoms with Crippen molar-refractivity contribution in [2.75, 3.05) is 24.8 Å². The van der Waals surface area contributed by atoms with Crippen LogP contribution in [0.15, 0.2) is 90.0 Å². The van der Waals surface area contributed by atoms with E-state index in [1.54, 1.807) is 31.2 Å². The van der Waals surface area contributed by atoms with E-state index in [1.165, 1.54) is 5.01 Å². The lowest BCUT2D eigenvalue weighted by Gasteiger charge is -2.45. The maximum atomic E-state index is 14.2. The Kier molecular flexibility index (Phi) is 7.98. The molecule has 2 aliphatic heterocycles. The fourth-order valence-electron chi connectivity index (χ4n) is 5.13. The molecular formula is C29H31N3O5. The van der Waals surface area contributed by atoms with Crippen molar-refractivity contribution in [3.8, 4) is 5.75 Å². The molecule has 0 saturated heterocycles. The molecule has 3 atom stereocenters. The summed E-state index contributed by atoms with van der Waals surface area (Å²) >= 11 is 0. The zero-order valence-corrected chi connectivity index (χ0v) is 21.2. The molecule has 0 radical (unpaired) electrons. The SMILES string of the molecule is CC1=NN(c2ccccc2)C(=O)[C@]12[C@H](C[N+](=O)[O-])c1ccccc1O[C@@H]2c1ccccc1.CCOCC. The first-order chi connectivity index (χ1) is 17.9.